The van der Waals surface area contributed by atoms with Crippen LogP contribution in [0.25, 0.3) is 0 Å². The molecule has 1 aliphatic rings. The molecular weight excluding hydrogens is 344 g/mol. The molecule has 1 aromatic heterocycles. The predicted octanol–water partition coefficient (Wildman–Crippen LogP) is 1.53. The second-order valence-corrected chi connectivity index (χ2v) is 6.32. The molecule has 0 saturated carbocycles. The lowest BCUT2D eigenvalue weighted by molar-refractivity contribution is -0.127. The van der Waals surface area contributed by atoms with Gasteiger partial charge in [0.25, 0.3) is 11.8 Å². The van der Waals surface area contributed by atoms with Gasteiger partial charge in [0.15, 0.2) is 5.69 Å². The second kappa shape index (κ2) is 7.05. The largest absolute Gasteiger partial charge is 0.365 e. The first kappa shape index (κ1) is 17.0. The van der Waals surface area contributed by atoms with Gasteiger partial charge in [-0.2, -0.15) is 0 Å². The van der Waals surface area contributed by atoms with Crippen molar-refractivity contribution in [3.05, 3.63) is 83.8 Å². The van der Waals surface area contributed by atoms with Gasteiger partial charge in [-0.25, -0.2) is 4.98 Å². The van der Waals surface area contributed by atoms with E-state index in [4.69, 9.17) is 0 Å². The molecule has 7 heteroatoms. The summed E-state index contributed by atoms with van der Waals surface area (Å²) in [6.07, 6.45) is -0.0687. The number of aliphatic hydroxyl groups is 1. The van der Waals surface area contributed by atoms with Crippen LogP contribution >= 0.6 is 0 Å². The quantitative estimate of drug-likeness (QED) is 0.737. The lowest BCUT2D eigenvalue weighted by atomic mass is 10.2. The summed E-state index contributed by atoms with van der Waals surface area (Å²) in [4.78, 5) is 30.8. The number of carbonyl (C=O) groups excluding carboxylic acids is 2. The van der Waals surface area contributed by atoms with E-state index < -0.39 is 18.0 Å². The molecule has 0 spiro atoms. The average molecular weight is 362 g/mol. The summed E-state index contributed by atoms with van der Waals surface area (Å²) in [6, 6.07) is 19.1. The van der Waals surface area contributed by atoms with Crippen molar-refractivity contribution >= 4 is 17.6 Å². The van der Waals surface area contributed by atoms with Crippen LogP contribution in [0.2, 0.25) is 0 Å². The Morgan fingerprint density at radius 3 is 2.15 bits per heavy atom. The summed E-state index contributed by atoms with van der Waals surface area (Å²) in [5, 5.41) is 12.4. The van der Waals surface area contributed by atoms with E-state index in [1.165, 1.54) is 4.90 Å². The van der Waals surface area contributed by atoms with E-state index in [1.54, 1.807) is 10.9 Å². The number of hydrogen-bond acceptors (Lipinski definition) is 4. The molecule has 4 rings (SSSR count). The number of aliphatic hydroxyl groups excluding tert-OH is 1. The molecule has 2 N–H and O–H groups in total. The van der Waals surface area contributed by atoms with Crippen molar-refractivity contribution in [3.8, 4) is 0 Å². The molecule has 0 saturated heterocycles. The Bertz CT molecular complexity index is 969. The van der Waals surface area contributed by atoms with Gasteiger partial charge in [-0.05, 0) is 11.1 Å². The SMILES string of the molecule is O=C1NC(O)C(=O)N(Cc2ccccc2)c2c1ncn2Cc1ccccc1. The second-order valence-electron chi connectivity index (χ2n) is 6.32. The zero-order chi connectivity index (χ0) is 18.8. The van der Waals surface area contributed by atoms with Gasteiger partial charge in [0.2, 0.25) is 6.23 Å². The van der Waals surface area contributed by atoms with Crippen molar-refractivity contribution in [1.29, 1.82) is 0 Å². The molecule has 136 valence electrons. The molecule has 2 amide bonds. The van der Waals surface area contributed by atoms with Gasteiger partial charge in [0.1, 0.15) is 5.82 Å². The van der Waals surface area contributed by atoms with Crippen LogP contribution in [-0.4, -0.2) is 32.7 Å². The number of nitrogens with zero attached hydrogens (tertiary/aromatic N) is 3. The molecular formula is C20H18N4O3. The fraction of sp³-hybridized carbons (Fsp3) is 0.150. The predicted molar refractivity (Wildman–Crippen MR) is 98.9 cm³/mol. The number of imidazole rings is 1. The summed E-state index contributed by atoms with van der Waals surface area (Å²) in [5.74, 6) is -0.796. The van der Waals surface area contributed by atoms with Crippen molar-refractivity contribution in [1.82, 2.24) is 14.9 Å². The van der Waals surface area contributed by atoms with Crippen LogP contribution in [0.5, 0.6) is 0 Å². The molecule has 3 aromatic rings. The minimum Gasteiger partial charge on any atom is -0.365 e. The number of anilines is 1. The Balaban J connectivity index is 1.78. The normalized spacial score (nSPS) is 16.6. The average Bonchev–Trinajstić information content (AvgIpc) is 3.07. The van der Waals surface area contributed by atoms with Gasteiger partial charge in [0, 0.05) is 0 Å². The van der Waals surface area contributed by atoms with E-state index in [-0.39, 0.29) is 12.2 Å². The standard InChI is InChI=1S/C20H18N4O3/c25-17-16-19(23(13-21-16)11-14-7-3-1-4-8-14)24(20(27)18(26)22-17)12-15-9-5-2-6-10-15/h1-10,13,18,26H,11-12H2,(H,22,25). The first-order chi connectivity index (χ1) is 13.1. The molecule has 0 bridgehead atoms. The maximum absolute atomic E-state index is 12.8. The first-order valence-corrected chi connectivity index (χ1v) is 8.57. The minimum absolute atomic E-state index is 0.117. The van der Waals surface area contributed by atoms with Crippen LogP contribution in [0.1, 0.15) is 21.6 Å². The Labute approximate surface area is 155 Å². The maximum atomic E-state index is 12.8. The highest BCUT2D eigenvalue weighted by Crippen LogP contribution is 2.26. The number of benzene rings is 2. The van der Waals surface area contributed by atoms with E-state index in [9.17, 15) is 14.7 Å². The van der Waals surface area contributed by atoms with Crippen molar-refractivity contribution in [2.45, 2.75) is 19.3 Å². The molecule has 7 nitrogen and oxygen atoms in total. The fourth-order valence-corrected chi connectivity index (χ4v) is 3.14. The summed E-state index contributed by atoms with van der Waals surface area (Å²) in [6.45, 7) is 0.671. The van der Waals surface area contributed by atoms with E-state index in [2.05, 4.69) is 10.3 Å². The molecule has 0 aliphatic carbocycles. The van der Waals surface area contributed by atoms with Crippen LogP contribution < -0.4 is 10.2 Å². The lowest BCUT2D eigenvalue weighted by Gasteiger charge is -2.24. The molecule has 0 fully saturated rings. The maximum Gasteiger partial charge on any atom is 0.278 e. The monoisotopic (exact) mass is 362 g/mol. The summed E-state index contributed by atoms with van der Waals surface area (Å²) in [7, 11) is 0. The number of hydrogen-bond donors (Lipinski definition) is 2. The van der Waals surface area contributed by atoms with Crippen LogP contribution in [0, 0.1) is 0 Å². The summed E-state index contributed by atoms with van der Waals surface area (Å²) < 4.78 is 1.75. The number of rotatable bonds is 4. The van der Waals surface area contributed by atoms with Crippen LogP contribution in [0.4, 0.5) is 5.82 Å². The minimum atomic E-state index is -1.61. The molecule has 1 atom stereocenters. The number of nitrogens with one attached hydrogen (secondary N) is 1. The van der Waals surface area contributed by atoms with Crippen LogP contribution in [-0.2, 0) is 17.9 Å². The third-order valence-corrected chi connectivity index (χ3v) is 4.43. The molecule has 2 aromatic carbocycles. The smallest absolute Gasteiger partial charge is 0.278 e. The number of carbonyl (C=O) groups is 2. The molecule has 0 radical (unpaired) electrons. The fourth-order valence-electron chi connectivity index (χ4n) is 3.14. The van der Waals surface area contributed by atoms with Gasteiger partial charge >= 0.3 is 0 Å². The van der Waals surface area contributed by atoms with Crippen molar-refractivity contribution in [2.24, 2.45) is 0 Å². The number of amides is 2. The third kappa shape index (κ3) is 3.32. The highest BCUT2D eigenvalue weighted by molar-refractivity contribution is 6.08. The number of aromatic nitrogens is 2. The zero-order valence-corrected chi connectivity index (χ0v) is 14.4. The van der Waals surface area contributed by atoms with Crippen LogP contribution in [0.15, 0.2) is 67.0 Å². The number of fused-ring (bicyclic) bond motifs is 1. The van der Waals surface area contributed by atoms with E-state index in [0.29, 0.717) is 12.4 Å². The van der Waals surface area contributed by atoms with Crippen molar-refractivity contribution in [2.75, 3.05) is 4.90 Å². The Hall–Kier alpha value is -3.45. The topological polar surface area (TPSA) is 87.5 Å². The zero-order valence-electron chi connectivity index (χ0n) is 14.4. The van der Waals surface area contributed by atoms with E-state index in [1.807, 2.05) is 60.7 Å². The van der Waals surface area contributed by atoms with Crippen molar-refractivity contribution in [3.63, 3.8) is 0 Å². The Morgan fingerprint density at radius 1 is 0.926 bits per heavy atom. The van der Waals surface area contributed by atoms with Gasteiger partial charge in [-0.3, -0.25) is 14.5 Å². The van der Waals surface area contributed by atoms with Gasteiger partial charge in [-0.15, -0.1) is 0 Å². The van der Waals surface area contributed by atoms with Gasteiger partial charge < -0.3 is 15.0 Å². The molecule has 27 heavy (non-hydrogen) atoms. The third-order valence-electron chi connectivity index (χ3n) is 4.43. The van der Waals surface area contributed by atoms with Crippen LogP contribution in [0.3, 0.4) is 0 Å². The highest BCUT2D eigenvalue weighted by Gasteiger charge is 2.36. The van der Waals surface area contributed by atoms with Gasteiger partial charge in [0.05, 0.1) is 19.4 Å². The Morgan fingerprint density at radius 2 is 1.52 bits per heavy atom. The molecule has 1 aliphatic heterocycles. The van der Waals surface area contributed by atoms with Crippen molar-refractivity contribution < 1.29 is 14.7 Å². The van der Waals surface area contributed by atoms with Gasteiger partial charge in [-0.1, -0.05) is 60.7 Å². The Kier molecular flexibility index (Phi) is 4.43. The molecule has 1 unspecified atom stereocenters. The van der Waals surface area contributed by atoms with E-state index in [0.717, 1.165) is 11.1 Å². The first-order valence-electron chi connectivity index (χ1n) is 8.57. The lowest BCUT2D eigenvalue weighted by Crippen LogP contribution is -2.46. The molecule has 2 heterocycles. The van der Waals surface area contributed by atoms with E-state index >= 15 is 0 Å². The summed E-state index contributed by atoms with van der Waals surface area (Å²) >= 11 is 0. The highest BCUT2D eigenvalue weighted by atomic mass is 16.3. The summed E-state index contributed by atoms with van der Waals surface area (Å²) in [5.41, 5.74) is 2.01.